The van der Waals surface area contributed by atoms with Gasteiger partial charge in [-0.25, -0.2) is 0 Å². The SMILES string of the molecule is NCc1cc(Cc2ccccc2)on1. The fourth-order valence-electron chi connectivity index (χ4n) is 1.33. The number of hydrogen-bond donors (Lipinski definition) is 1. The van der Waals surface area contributed by atoms with Gasteiger partial charge in [0.15, 0.2) is 0 Å². The smallest absolute Gasteiger partial charge is 0.141 e. The van der Waals surface area contributed by atoms with Gasteiger partial charge in [-0.1, -0.05) is 35.5 Å². The Morgan fingerprint density at radius 1 is 1.21 bits per heavy atom. The number of hydrogen-bond acceptors (Lipinski definition) is 3. The molecule has 0 aliphatic carbocycles. The molecule has 1 heterocycles. The summed E-state index contributed by atoms with van der Waals surface area (Å²) in [7, 11) is 0. The summed E-state index contributed by atoms with van der Waals surface area (Å²) in [5, 5.41) is 3.83. The molecule has 72 valence electrons. The monoisotopic (exact) mass is 188 g/mol. The molecule has 0 spiro atoms. The highest BCUT2D eigenvalue weighted by Gasteiger charge is 2.02. The molecule has 2 aromatic rings. The molecule has 0 radical (unpaired) electrons. The van der Waals surface area contributed by atoms with Gasteiger partial charge < -0.3 is 10.3 Å². The molecule has 0 saturated carbocycles. The van der Waals surface area contributed by atoms with Gasteiger partial charge in [0.2, 0.25) is 0 Å². The highest BCUT2D eigenvalue weighted by atomic mass is 16.5. The van der Waals surface area contributed by atoms with Gasteiger partial charge in [-0.05, 0) is 5.56 Å². The van der Waals surface area contributed by atoms with Crippen LogP contribution in [-0.2, 0) is 13.0 Å². The Kier molecular flexibility index (Phi) is 2.60. The van der Waals surface area contributed by atoms with Gasteiger partial charge in [-0.2, -0.15) is 0 Å². The molecule has 0 saturated heterocycles. The van der Waals surface area contributed by atoms with Crippen LogP contribution in [0, 0.1) is 0 Å². The summed E-state index contributed by atoms with van der Waals surface area (Å²) in [6.45, 7) is 0.429. The molecule has 14 heavy (non-hydrogen) atoms. The van der Waals surface area contributed by atoms with Crippen molar-refractivity contribution in [3.63, 3.8) is 0 Å². The van der Waals surface area contributed by atoms with Gasteiger partial charge in [-0.3, -0.25) is 0 Å². The lowest BCUT2D eigenvalue weighted by atomic mass is 10.1. The predicted octanol–water partition coefficient (Wildman–Crippen LogP) is 1.72. The molecule has 0 unspecified atom stereocenters. The maximum Gasteiger partial charge on any atom is 0.141 e. The normalized spacial score (nSPS) is 10.4. The van der Waals surface area contributed by atoms with Gasteiger partial charge in [-0.15, -0.1) is 0 Å². The molecule has 2 rings (SSSR count). The number of aromatic nitrogens is 1. The van der Waals surface area contributed by atoms with Gasteiger partial charge in [0.05, 0.1) is 5.69 Å². The molecular weight excluding hydrogens is 176 g/mol. The van der Waals surface area contributed by atoms with E-state index in [0.717, 1.165) is 17.9 Å². The van der Waals surface area contributed by atoms with Crippen LogP contribution in [-0.4, -0.2) is 5.16 Å². The first-order chi connectivity index (χ1) is 6.88. The van der Waals surface area contributed by atoms with Crippen LogP contribution >= 0.6 is 0 Å². The molecule has 0 bridgehead atoms. The second-order valence-electron chi connectivity index (χ2n) is 3.15. The van der Waals surface area contributed by atoms with Gasteiger partial charge in [0.1, 0.15) is 5.76 Å². The zero-order valence-corrected chi connectivity index (χ0v) is 7.81. The van der Waals surface area contributed by atoms with Crippen molar-refractivity contribution < 1.29 is 4.52 Å². The van der Waals surface area contributed by atoms with Crippen molar-refractivity contribution in [3.05, 3.63) is 53.4 Å². The van der Waals surface area contributed by atoms with Crippen LogP contribution < -0.4 is 5.73 Å². The Labute approximate surface area is 82.5 Å². The van der Waals surface area contributed by atoms with E-state index in [1.165, 1.54) is 5.56 Å². The minimum Gasteiger partial charge on any atom is -0.361 e. The fraction of sp³-hybridized carbons (Fsp3) is 0.182. The minimum atomic E-state index is 0.429. The lowest BCUT2D eigenvalue weighted by molar-refractivity contribution is 0.383. The van der Waals surface area contributed by atoms with Crippen molar-refractivity contribution in [1.29, 1.82) is 0 Å². The summed E-state index contributed by atoms with van der Waals surface area (Å²) in [6, 6.07) is 12.0. The van der Waals surface area contributed by atoms with E-state index in [2.05, 4.69) is 17.3 Å². The second-order valence-corrected chi connectivity index (χ2v) is 3.15. The Hall–Kier alpha value is -1.61. The van der Waals surface area contributed by atoms with Crippen LogP contribution in [0.3, 0.4) is 0 Å². The van der Waals surface area contributed by atoms with E-state index >= 15 is 0 Å². The molecule has 1 aromatic carbocycles. The lowest BCUT2D eigenvalue weighted by Gasteiger charge is -1.94. The topological polar surface area (TPSA) is 52.0 Å². The van der Waals surface area contributed by atoms with E-state index in [-0.39, 0.29) is 0 Å². The highest BCUT2D eigenvalue weighted by molar-refractivity contribution is 5.20. The van der Waals surface area contributed by atoms with E-state index in [4.69, 9.17) is 10.3 Å². The maximum absolute atomic E-state index is 5.43. The Morgan fingerprint density at radius 2 is 2.00 bits per heavy atom. The summed E-state index contributed by atoms with van der Waals surface area (Å²) in [5.74, 6) is 0.858. The minimum absolute atomic E-state index is 0.429. The maximum atomic E-state index is 5.43. The van der Waals surface area contributed by atoms with Gasteiger partial charge in [0, 0.05) is 19.0 Å². The summed E-state index contributed by atoms with van der Waals surface area (Å²) in [5.41, 5.74) is 7.45. The van der Waals surface area contributed by atoms with Gasteiger partial charge in [0.25, 0.3) is 0 Å². The quantitative estimate of drug-likeness (QED) is 0.798. The van der Waals surface area contributed by atoms with Crippen LogP contribution in [0.2, 0.25) is 0 Å². The van der Waals surface area contributed by atoms with E-state index in [0.29, 0.717) is 6.54 Å². The van der Waals surface area contributed by atoms with Crippen molar-refractivity contribution in [2.45, 2.75) is 13.0 Å². The standard InChI is InChI=1S/C11H12N2O/c12-8-10-7-11(14-13-10)6-9-4-2-1-3-5-9/h1-5,7H,6,8,12H2. The van der Waals surface area contributed by atoms with E-state index < -0.39 is 0 Å². The van der Waals surface area contributed by atoms with Crippen molar-refractivity contribution in [2.24, 2.45) is 5.73 Å². The molecule has 1 aromatic heterocycles. The predicted molar refractivity (Wildman–Crippen MR) is 53.6 cm³/mol. The molecule has 0 aliphatic rings. The van der Waals surface area contributed by atoms with Crippen molar-refractivity contribution in [1.82, 2.24) is 5.16 Å². The second kappa shape index (κ2) is 4.07. The molecule has 0 amide bonds. The molecule has 3 nitrogen and oxygen atoms in total. The largest absolute Gasteiger partial charge is 0.361 e. The number of rotatable bonds is 3. The van der Waals surface area contributed by atoms with Crippen molar-refractivity contribution in [3.8, 4) is 0 Å². The molecular formula is C11H12N2O. The summed E-state index contributed by atoms with van der Waals surface area (Å²) >= 11 is 0. The average Bonchev–Trinajstić information content (AvgIpc) is 2.67. The summed E-state index contributed by atoms with van der Waals surface area (Å²) in [4.78, 5) is 0. The van der Waals surface area contributed by atoms with Crippen molar-refractivity contribution in [2.75, 3.05) is 0 Å². The first-order valence-corrected chi connectivity index (χ1v) is 4.57. The van der Waals surface area contributed by atoms with E-state index in [1.807, 2.05) is 24.3 Å². The zero-order chi connectivity index (χ0) is 9.80. The van der Waals surface area contributed by atoms with Crippen LogP contribution in [0.4, 0.5) is 0 Å². The number of benzene rings is 1. The number of nitrogens with two attached hydrogens (primary N) is 1. The average molecular weight is 188 g/mol. The lowest BCUT2D eigenvalue weighted by Crippen LogP contribution is -1.95. The molecule has 2 N–H and O–H groups in total. The Bertz CT molecular complexity index is 395. The third-order valence-corrected chi connectivity index (χ3v) is 2.04. The molecule has 0 atom stereocenters. The van der Waals surface area contributed by atoms with Crippen LogP contribution in [0.5, 0.6) is 0 Å². The van der Waals surface area contributed by atoms with Crippen molar-refractivity contribution >= 4 is 0 Å². The van der Waals surface area contributed by atoms with E-state index in [1.54, 1.807) is 0 Å². The third kappa shape index (κ3) is 2.00. The first-order valence-electron chi connectivity index (χ1n) is 4.57. The third-order valence-electron chi connectivity index (χ3n) is 2.04. The van der Waals surface area contributed by atoms with Crippen LogP contribution in [0.1, 0.15) is 17.0 Å². The van der Waals surface area contributed by atoms with E-state index in [9.17, 15) is 0 Å². The Balaban J connectivity index is 2.11. The highest BCUT2D eigenvalue weighted by Crippen LogP contribution is 2.10. The summed E-state index contributed by atoms with van der Waals surface area (Å²) < 4.78 is 5.13. The fourth-order valence-corrected chi connectivity index (χ4v) is 1.33. The zero-order valence-electron chi connectivity index (χ0n) is 7.81. The first kappa shape index (κ1) is 8.97. The molecule has 0 fully saturated rings. The summed E-state index contributed by atoms with van der Waals surface area (Å²) in [6.07, 6.45) is 0.772. The van der Waals surface area contributed by atoms with Crippen LogP contribution in [0.15, 0.2) is 40.9 Å². The molecule has 0 aliphatic heterocycles. The van der Waals surface area contributed by atoms with Crippen LogP contribution in [0.25, 0.3) is 0 Å². The number of nitrogens with zero attached hydrogens (tertiary/aromatic N) is 1. The molecule has 3 heteroatoms. The Morgan fingerprint density at radius 3 is 2.64 bits per heavy atom. The van der Waals surface area contributed by atoms with Gasteiger partial charge >= 0.3 is 0 Å².